The molecule has 0 nitrogen and oxygen atoms in total. The molecule has 0 amide bonds. The minimum Gasteiger partial charge on any atom is -0.0850 e. The van der Waals surface area contributed by atoms with Gasteiger partial charge in [-0.25, -0.2) is 0 Å². The molecule has 0 heterocycles. The van der Waals surface area contributed by atoms with Gasteiger partial charge in [0.15, 0.2) is 0 Å². The Labute approximate surface area is 63.3 Å². The van der Waals surface area contributed by atoms with Gasteiger partial charge in [-0.2, -0.15) is 0 Å². The van der Waals surface area contributed by atoms with Crippen LogP contribution in [0.3, 0.4) is 0 Å². The van der Waals surface area contributed by atoms with Crippen molar-refractivity contribution >= 4 is 0 Å². The molecule has 10 heavy (non-hydrogen) atoms. The first-order valence-electron chi connectivity index (χ1n) is 4.57. The largest absolute Gasteiger partial charge is 0.0850 e. The second kappa shape index (κ2) is 2.41. The Kier molecular flexibility index (Phi) is 1.55. The van der Waals surface area contributed by atoms with E-state index in [0.717, 1.165) is 11.8 Å². The summed E-state index contributed by atoms with van der Waals surface area (Å²) in [4.78, 5) is 0. The third kappa shape index (κ3) is 1.12. The van der Waals surface area contributed by atoms with Crippen molar-refractivity contribution in [3.05, 3.63) is 11.6 Å². The maximum absolute atomic E-state index is 2.48. The average Bonchev–Trinajstić information content (AvgIpc) is 2.65. The molecule has 2 aliphatic carbocycles. The van der Waals surface area contributed by atoms with Gasteiger partial charge in [0.05, 0.1) is 0 Å². The van der Waals surface area contributed by atoms with E-state index >= 15 is 0 Å². The van der Waals surface area contributed by atoms with Gasteiger partial charge in [0.2, 0.25) is 0 Å². The van der Waals surface area contributed by atoms with Gasteiger partial charge in [-0.15, -0.1) is 0 Å². The molecule has 0 saturated heterocycles. The van der Waals surface area contributed by atoms with Crippen LogP contribution in [-0.4, -0.2) is 0 Å². The first-order chi connectivity index (χ1) is 4.88. The van der Waals surface area contributed by atoms with Crippen LogP contribution >= 0.6 is 0 Å². The van der Waals surface area contributed by atoms with Gasteiger partial charge in [0.25, 0.3) is 0 Å². The smallest absolute Gasteiger partial charge is 0.0203 e. The Morgan fingerprint density at radius 2 is 2.30 bits per heavy atom. The Balaban J connectivity index is 1.95. The molecule has 56 valence electrons. The molecular formula is C10H16. The Morgan fingerprint density at radius 3 is 2.80 bits per heavy atom. The molecule has 0 heteroatoms. The van der Waals surface area contributed by atoms with E-state index in [0.29, 0.717) is 0 Å². The molecule has 0 aliphatic heterocycles. The van der Waals surface area contributed by atoms with Crippen LogP contribution in [0.4, 0.5) is 0 Å². The van der Waals surface area contributed by atoms with E-state index in [2.05, 4.69) is 13.0 Å². The zero-order valence-electron chi connectivity index (χ0n) is 6.77. The lowest BCUT2D eigenvalue weighted by Crippen LogP contribution is -1.98. The molecule has 1 fully saturated rings. The topological polar surface area (TPSA) is 0 Å². The van der Waals surface area contributed by atoms with Gasteiger partial charge in [-0.3, -0.25) is 0 Å². The highest BCUT2D eigenvalue weighted by atomic mass is 14.4. The molecule has 0 spiro atoms. The number of hydrogen-bond donors (Lipinski definition) is 0. The van der Waals surface area contributed by atoms with Gasteiger partial charge in [0, 0.05) is 0 Å². The predicted octanol–water partition coefficient (Wildman–Crippen LogP) is 3.14. The summed E-state index contributed by atoms with van der Waals surface area (Å²) in [5.41, 5.74) is 1.77. The van der Waals surface area contributed by atoms with Crippen LogP contribution in [-0.2, 0) is 0 Å². The quantitative estimate of drug-likeness (QED) is 0.511. The lowest BCUT2D eigenvalue weighted by Gasteiger charge is -2.10. The van der Waals surface area contributed by atoms with E-state index in [4.69, 9.17) is 0 Å². The summed E-state index contributed by atoms with van der Waals surface area (Å²) < 4.78 is 0. The standard InChI is InChI=1S/C10H16/c1-8(10-6-7-10)9-4-2-3-5-9/h4,8,10H,2-3,5-7H2,1H3. The minimum atomic E-state index is 0.933. The minimum absolute atomic E-state index is 0.933. The summed E-state index contributed by atoms with van der Waals surface area (Å²) in [5, 5.41) is 0. The van der Waals surface area contributed by atoms with Crippen molar-refractivity contribution in [3.63, 3.8) is 0 Å². The van der Waals surface area contributed by atoms with Crippen LogP contribution in [0.25, 0.3) is 0 Å². The van der Waals surface area contributed by atoms with Crippen LogP contribution in [0.15, 0.2) is 11.6 Å². The predicted molar refractivity (Wildman–Crippen MR) is 43.8 cm³/mol. The Bertz CT molecular complexity index is 151. The molecule has 0 aromatic rings. The Morgan fingerprint density at radius 1 is 1.50 bits per heavy atom. The van der Waals surface area contributed by atoms with E-state index < -0.39 is 0 Å². The lowest BCUT2D eigenvalue weighted by molar-refractivity contribution is 0.575. The molecule has 1 unspecified atom stereocenters. The summed E-state index contributed by atoms with van der Waals surface area (Å²) in [6.07, 6.45) is 9.65. The maximum Gasteiger partial charge on any atom is -0.0203 e. The van der Waals surface area contributed by atoms with E-state index in [1.165, 1.54) is 32.1 Å². The first-order valence-corrected chi connectivity index (χ1v) is 4.57. The highest BCUT2D eigenvalue weighted by Crippen LogP contribution is 2.42. The van der Waals surface area contributed by atoms with Crippen LogP contribution in [0.5, 0.6) is 0 Å². The number of allylic oxidation sites excluding steroid dienone is 2. The monoisotopic (exact) mass is 136 g/mol. The zero-order chi connectivity index (χ0) is 6.97. The van der Waals surface area contributed by atoms with Crippen molar-refractivity contribution in [3.8, 4) is 0 Å². The lowest BCUT2D eigenvalue weighted by atomic mass is 9.96. The van der Waals surface area contributed by atoms with Crippen LogP contribution in [0, 0.1) is 11.8 Å². The summed E-state index contributed by atoms with van der Waals surface area (Å²) in [7, 11) is 0. The molecule has 0 aromatic heterocycles. The van der Waals surface area contributed by atoms with Crippen molar-refractivity contribution in [2.75, 3.05) is 0 Å². The second-order valence-corrected chi connectivity index (χ2v) is 3.80. The van der Waals surface area contributed by atoms with Gasteiger partial charge < -0.3 is 0 Å². The molecule has 0 N–H and O–H groups in total. The molecule has 1 saturated carbocycles. The van der Waals surface area contributed by atoms with Crippen molar-refractivity contribution in [2.45, 2.75) is 39.0 Å². The Hall–Kier alpha value is -0.260. The average molecular weight is 136 g/mol. The summed E-state index contributed by atoms with van der Waals surface area (Å²) in [6.45, 7) is 2.41. The van der Waals surface area contributed by atoms with Crippen molar-refractivity contribution in [2.24, 2.45) is 11.8 Å². The molecule has 1 atom stereocenters. The summed E-state index contributed by atoms with van der Waals surface area (Å²) in [6, 6.07) is 0. The normalized spacial score (nSPS) is 28.3. The molecule has 2 aliphatic rings. The fourth-order valence-electron chi connectivity index (χ4n) is 2.01. The SMILES string of the molecule is CC(C1=CCCC1)C1CC1. The highest BCUT2D eigenvalue weighted by Gasteiger charge is 2.30. The van der Waals surface area contributed by atoms with E-state index in [1.54, 1.807) is 5.57 Å². The molecule has 0 aromatic carbocycles. The van der Waals surface area contributed by atoms with E-state index in [1.807, 2.05) is 0 Å². The van der Waals surface area contributed by atoms with E-state index in [-0.39, 0.29) is 0 Å². The molecule has 2 rings (SSSR count). The fourth-order valence-corrected chi connectivity index (χ4v) is 2.01. The molecule has 0 radical (unpaired) electrons. The summed E-state index contributed by atoms with van der Waals surface area (Å²) in [5.74, 6) is 2.01. The number of rotatable bonds is 2. The third-order valence-corrected chi connectivity index (χ3v) is 2.99. The molecular weight excluding hydrogens is 120 g/mol. The van der Waals surface area contributed by atoms with Gasteiger partial charge in [-0.1, -0.05) is 18.6 Å². The highest BCUT2D eigenvalue weighted by molar-refractivity contribution is 5.13. The third-order valence-electron chi connectivity index (χ3n) is 2.99. The van der Waals surface area contributed by atoms with Crippen molar-refractivity contribution in [1.82, 2.24) is 0 Å². The van der Waals surface area contributed by atoms with Crippen LogP contribution < -0.4 is 0 Å². The van der Waals surface area contributed by atoms with Gasteiger partial charge in [0.1, 0.15) is 0 Å². The van der Waals surface area contributed by atoms with Crippen molar-refractivity contribution in [1.29, 1.82) is 0 Å². The number of hydrogen-bond acceptors (Lipinski definition) is 0. The van der Waals surface area contributed by atoms with Crippen LogP contribution in [0.1, 0.15) is 39.0 Å². The van der Waals surface area contributed by atoms with E-state index in [9.17, 15) is 0 Å². The first kappa shape index (κ1) is 6.45. The van der Waals surface area contributed by atoms with Gasteiger partial charge >= 0.3 is 0 Å². The molecule has 0 bridgehead atoms. The maximum atomic E-state index is 2.48. The zero-order valence-corrected chi connectivity index (χ0v) is 6.77. The van der Waals surface area contributed by atoms with Crippen molar-refractivity contribution < 1.29 is 0 Å². The fraction of sp³-hybridized carbons (Fsp3) is 0.800. The second-order valence-electron chi connectivity index (χ2n) is 3.80. The summed E-state index contributed by atoms with van der Waals surface area (Å²) >= 11 is 0. The van der Waals surface area contributed by atoms with Gasteiger partial charge in [-0.05, 0) is 43.9 Å². The van der Waals surface area contributed by atoms with Crippen LogP contribution in [0.2, 0.25) is 0 Å².